The standard InChI is InChI=1S/C21H21N3O3/c25-18-9-5-4-8-17(18)21(26)22-12-19-20-16(10-11-27-19)14-24(23-20)13-15-6-2-1-3-7-15/h1-9,14,19,25H,10-13H2,(H,22,26). The molecular weight excluding hydrogens is 342 g/mol. The van der Waals surface area contributed by atoms with Crippen LogP contribution in [0.15, 0.2) is 60.8 Å². The van der Waals surface area contributed by atoms with E-state index < -0.39 is 0 Å². The van der Waals surface area contributed by atoms with Gasteiger partial charge in [-0.2, -0.15) is 5.10 Å². The van der Waals surface area contributed by atoms with Gasteiger partial charge in [0.15, 0.2) is 0 Å². The molecule has 6 nitrogen and oxygen atoms in total. The second-order valence-electron chi connectivity index (χ2n) is 6.56. The molecule has 1 aliphatic heterocycles. The van der Waals surface area contributed by atoms with Crippen LogP contribution in [0, 0.1) is 0 Å². The number of nitrogens with zero attached hydrogens (tertiary/aromatic N) is 2. The van der Waals surface area contributed by atoms with E-state index in [1.807, 2.05) is 22.9 Å². The first-order valence-electron chi connectivity index (χ1n) is 8.98. The number of phenols is 1. The summed E-state index contributed by atoms with van der Waals surface area (Å²) in [4.78, 5) is 12.3. The Kier molecular flexibility index (Phi) is 4.89. The molecule has 0 aliphatic carbocycles. The molecule has 0 spiro atoms. The number of carbonyl (C=O) groups excluding carboxylic acids is 1. The van der Waals surface area contributed by atoms with Gasteiger partial charge in [0, 0.05) is 12.7 Å². The van der Waals surface area contributed by atoms with E-state index in [0.29, 0.717) is 19.7 Å². The fourth-order valence-electron chi connectivity index (χ4n) is 3.28. The molecule has 27 heavy (non-hydrogen) atoms. The maximum Gasteiger partial charge on any atom is 0.255 e. The zero-order valence-electron chi connectivity index (χ0n) is 14.8. The number of hydrogen-bond donors (Lipinski definition) is 2. The summed E-state index contributed by atoms with van der Waals surface area (Å²) in [5, 5.41) is 17.3. The minimum absolute atomic E-state index is 0.0348. The smallest absolute Gasteiger partial charge is 0.255 e. The van der Waals surface area contributed by atoms with Crippen molar-refractivity contribution in [2.75, 3.05) is 13.2 Å². The maximum absolute atomic E-state index is 12.3. The van der Waals surface area contributed by atoms with E-state index in [0.717, 1.165) is 17.7 Å². The summed E-state index contributed by atoms with van der Waals surface area (Å²) in [7, 11) is 0. The predicted molar refractivity (Wildman–Crippen MR) is 101 cm³/mol. The summed E-state index contributed by atoms with van der Waals surface area (Å²) in [5.74, 6) is -0.361. The number of fused-ring (bicyclic) bond motifs is 1. The Bertz CT molecular complexity index is 937. The van der Waals surface area contributed by atoms with Gasteiger partial charge in [-0.3, -0.25) is 9.48 Å². The van der Waals surface area contributed by atoms with Crippen molar-refractivity contribution in [1.82, 2.24) is 15.1 Å². The summed E-state index contributed by atoms with van der Waals surface area (Å²) in [6.07, 6.45) is 2.58. The van der Waals surface area contributed by atoms with E-state index in [2.05, 4.69) is 28.7 Å². The van der Waals surface area contributed by atoms with Crippen molar-refractivity contribution in [3.63, 3.8) is 0 Å². The molecule has 0 bridgehead atoms. The lowest BCUT2D eigenvalue weighted by atomic mass is 10.1. The van der Waals surface area contributed by atoms with Crippen molar-refractivity contribution in [2.24, 2.45) is 0 Å². The van der Waals surface area contributed by atoms with Crippen molar-refractivity contribution in [3.05, 3.63) is 83.2 Å². The molecule has 2 heterocycles. The van der Waals surface area contributed by atoms with Gasteiger partial charge < -0.3 is 15.2 Å². The molecule has 0 saturated heterocycles. The number of nitrogens with one attached hydrogen (secondary N) is 1. The van der Waals surface area contributed by atoms with Crippen LogP contribution in [0.1, 0.15) is 33.3 Å². The van der Waals surface area contributed by atoms with Gasteiger partial charge in [-0.15, -0.1) is 0 Å². The number of carbonyl (C=O) groups is 1. The molecular formula is C21H21N3O3. The van der Waals surface area contributed by atoms with Gasteiger partial charge >= 0.3 is 0 Å². The summed E-state index contributed by atoms with van der Waals surface area (Å²) in [6, 6.07) is 16.6. The summed E-state index contributed by atoms with van der Waals surface area (Å²) in [5.41, 5.74) is 3.46. The lowest BCUT2D eigenvalue weighted by Crippen LogP contribution is -2.32. The summed E-state index contributed by atoms with van der Waals surface area (Å²) in [6.45, 7) is 1.61. The van der Waals surface area contributed by atoms with Crippen LogP contribution in [-0.4, -0.2) is 33.9 Å². The number of aromatic hydroxyl groups is 1. The first-order chi connectivity index (χ1) is 13.2. The van der Waals surface area contributed by atoms with Crippen LogP contribution in [0.25, 0.3) is 0 Å². The normalized spacial score (nSPS) is 15.9. The van der Waals surface area contributed by atoms with Crippen LogP contribution < -0.4 is 5.32 Å². The van der Waals surface area contributed by atoms with E-state index in [9.17, 15) is 9.90 Å². The van der Waals surface area contributed by atoms with E-state index in [4.69, 9.17) is 4.74 Å². The van der Waals surface area contributed by atoms with Gasteiger partial charge in [-0.25, -0.2) is 0 Å². The highest BCUT2D eigenvalue weighted by Crippen LogP contribution is 2.26. The molecule has 138 valence electrons. The maximum atomic E-state index is 12.3. The van der Waals surface area contributed by atoms with Crippen molar-refractivity contribution in [2.45, 2.75) is 19.1 Å². The number of amides is 1. The SMILES string of the molecule is O=C(NCC1OCCc2cn(Cc3ccccc3)nc21)c1ccccc1O. The Morgan fingerprint density at radius 1 is 1.19 bits per heavy atom. The van der Waals surface area contributed by atoms with Crippen molar-refractivity contribution in [3.8, 4) is 5.75 Å². The van der Waals surface area contributed by atoms with Crippen molar-refractivity contribution < 1.29 is 14.6 Å². The van der Waals surface area contributed by atoms with E-state index in [1.165, 1.54) is 11.6 Å². The number of benzene rings is 2. The second-order valence-corrected chi connectivity index (χ2v) is 6.56. The minimum atomic E-state index is -0.326. The number of ether oxygens (including phenoxy) is 1. The molecule has 1 aromatic heterocycles. The predicted octanol–water partition coefficient (Wildman–Crippen LogP) is 2.68. The first kappa shape index (κ1) is 17.3. The van der Waals surface area contributed by atoms with Gasteiger partial charge in [-0.1, -0.05) is 42.5 Å². The molecule has 0 radical (unpaired) electrons. The summed E-state index contributed by atoms with van der Waals surface area (Å²) >= 11 is 0. The molecule has 2 N–H and O–H groups in total. The fraction of sp³-hybridized carbons (Fsp3) is 0.238. The zero-order valence-corrected chi connectivity index (χ0v) is 14.8. The third kappa shape index (κ3) is 3.85. The Morgan fingerprint density at radius 3 is 2.78 bits per heavy atom. The lowest BCUT2D eigenvalue weighted by molar-refractivity contribution is 0.0383. The van der Waals surface area contributed by atoms with Crippen LogP contribution in [0.4, 0.5) is 0 Å². The Hall–Kier alpha value is -3.12. The fourth-order valence-corrected chi connectivity index (χ4v) is 3.28. The zero-order chi connectivity index (χ0) is 18.6. The first-order valence-corrected chi connectivity index (χ1v) is 8.98. The largest absolute Gasteiger partial charge is 0.507 e. The Balaban J connectivity index is 1.45. The van der Waals surface area contributed by atoms with Crippen molar-refractivity contribution >= 4 is 5.91 Å². The number of phenolic OH excluding ortho intramolecular Hbond substituents is 1. The van der Waals surface area contributed by atoms with Gasteiger partial charge in [0.2, 0.25) is 0 Å². The monoisotopic (exact) mass is 363 g/mol. The van der Waals surface area contributed by atoms with Crippen LogP contribution in [0.2, 0.25) is 0 Å². The van der Waals surface area contributed by atoms with Gasteiger partial charge in [-0.05, 0) is 29.7 Å². The third-order valence-electron chi connectivity index (χ3n) is 4.65. The van der Waals surface area contributed by atoms with Crippen molar-refractivity contribution in [1.29, 1.82) is 0 Å². The second kappa shape index (κ2) is 7.63. The quantitative estimate of drug-likeness (QED) is 0.731. The van der Waals surface area contributed by atoms with Gasteiger partial charge in [0.1, 0.15) is 11.9 Å². The molecule has 0 fully saturated rings. The highest BCUT2D eigenvalue weighted by atomic mass is 16.5. The van der Waals surface area contributed by atoms with E-state index in [-0.39, 0.29) is 23.3 Å². The van der Waals surface area contributed by atoms with E-state index >= 15 is 0 Å². The highest BCUT2D eigenvalue weighted by Gasteiger charge is 2.25. The molecule has 1 amide bonds. The minimum Gasteiger partial charge on any atom is -0.507 e. The number of rotatable bonds is 5. The van der Waals surface area contributed by atoms with Crippen LogP contribution in [0.3, 0.4) is 0 Å². The Labute approximate surface area is 157 Å². The number of aromatic nitrogens is 2. The molecule has 3 aromatic rings. The molecule has 1 atom stereocenters. The van der Waals surface area contributed by atoms with Gasteiger partial charge in [0.05, 0.1) is 24.4 Å². The third-order valence-corrected chi connectivity index (χ3v) is 4.65. The molecule has 1 unspecified atom stereocenters. The van der Waals surface area contributed by atoms with E-state index in [1.54, 1.807) is 18.2 Å². The average Bonchev–Trinajstić information content (AvgIpc) is 3.10. The molecule has 6 heteroatoms. The molecule has 2 aromatic carbocycles. The molecule has 0 saturated carbocycles. The highest BCUT2D eigenvalue weighted by molar-refractivity contribution is 5.96. The molecule has 1 aliphatic rings. The van der Waals surface area contributed by atoms with Gasteiger partial charge in [0.25, 0.3) is 5.91 Å². The summed E-state index contributed by atoms with van der Waals surface area (Å²) < 4.78 is 7.75. The van der Waals surface area contributed by atoms with Crippen LogP contribution in [-0.2, 0) is 17.7 Å². The van der Waals surface area contributed by atoms with Crippen LogP contribution in [0.5, 0.6) is 5.75 Å². The molecule has 4 rings (SSSR count). The number of para-hydroxylation sites is 1. The van der Waals surface area contributed by atoms with Crippen LogP contribution >= 0.6 is 0 Å². The topological polar surface area (TPSA) is 76.4 Å². The number of hydrogen-bond acceptors (Lipinski definition) is 4. The Morgan fingerprint density at radius 2 is 1.96 bits per heavy atom. The average molecular weight is 363 g/mol. The lowest BCUT2D eigenvalue weighted by Gasteiger charge is -2.22.